The number of anilines is 4. The number of rotatable bonds is 9. The van der Waals surface area contributed by atoms with Crippen LogP contribution in [0.1, 0.15) is 41.0 Å². The van der Waals surface area contributed by atoms with E-state index in [0.29, 0.717) is 27.5 Å². The van der Waals surface area contributed by atoms with Crippen LogP contribution in [0.15, 0.2) is 60.9 Å². The van der Waals surface area contributed by atoms with Gasteiger partial charge in [-0.25, -0.2) is 9.97 Å². The van der Waals surface area contributed by atoms with E-state index < -0.39 is 5.60 Å². The second-order valence-corrected chi connectivity index (χ2v) is 9.67. The van der Waals surface area contributed by atoms with Crippen LogP contribution in [0.3, 0.4) is 0 Å². The number of alkyl halides is 1. The van der Waals surface area contributed by atoms with Crippen LogP contribution in [0.5, 0.6) is 0 Å². The number of carbonyl (C=O) groups is 1. The predicted molar refractivity (Wildman–Crippen MR) is 155 cm³/mol. The number of halogens is 1. The Kier molecular flexibility index (Phi) is 8.08. The van der Waals surface area contributed by atoms with Crippen molar-refractivity contribution in [3.63, 3.8) is 0 Å². The Morgan fingerprint density at radius 1 is 1.08 bits per heavy atom. The van der Waals surface area contributed by atoms with Crippen molar-refractivity contribution in [2.75, 3.05) is 27.6 Å². The van der Waals surface area contributed by atoms with E-state index in [1.54, 1.807) is 17.8 Å². The van der Waals surface area contributed by atoms with Crippen molar-refractivity contribution in [1.82, 2.24) is 19.7 Å². The highest BCUT2D eigenvalue weighted by molar-refractivity contribution is 14.1. The maximum absolute atomic E-state index is 13.1. The van der Waals surface area contributed by atoms with Gasteiger partial charge in [-0.3, -0.25) is 4.79 Å². The molecule has 0 aliphatic carbocycles. The Morgan fingerprint density at radius 3 is 2.65 bits per heavy atom. The fraction of sp³-hybridized carbons (Fsp3) is 0.259. The molecule has 1 amide bonds. The average molecular weight is 611 g/mol. The van der Waals surface area contributed by atoms with Crippen LogP contribution < -0.4 is 16.0 Å². The minimum absolute atomic E-state index is 0.191. The molecule has 2 aromatic heterocycles. The summed E-state index contributed by atoms with van der Waals surface area (Å²) in [7, 11) is 1.80. The summed E-state index contributed by atoms with van der Waals surface area (Å²) < 4.78 is 8.13. The predicted octanol–water partition coefficient (Wildman–Crippen LogP) is 5.96. The Morgan fingerprint density at radius 2 is 1.89 bits per heavy atom. The van der Waals surface area contributed by atoms with Gasteiger partial charge in [0, 0.05) is 36.1 Å². The molecule has 2 heterocycles. The number of amides is 1. The number of hydrogen-bond acceptors (Lipinski definition) is 7. The number of aryl methyl sites for hydroxylation is 2. The summed E-state index contributed by atoms with van der Waals surface area (Å²) in [6.07, 6.45) is 1.49. The molecule has 0 unspecified atom stereocenters. The fourth-order valence-electron chi connectivity index (χ4n) is 3.79. The molecule has 0 radical (unpaired) electrons. The SMILES string of the molecule is CNc1cc(-n2nc(C)cc2Nc2cc(NC(=O)c3cccc(C(C)(C)OCI)c3)ccc2C)ncn1. The lowest BCUT2D eigenvalue weighted by Crippen LogP contribution is -2.22. The minimum Gasteiger partial charge on any atom is -0.373 e. The van der Waals surface area contributed by atoms with Crippen LogP contribution in [-0.4, -0.2) is 37.3 Å². The van der Waals surface area contributed by atoms with Gasteiger partial charge in [0.15, 0.2) is 5.82 Å². The third-order valence-corrected chi connectivity index (χ3v) is 6.26. The molecule has 4 aromatic rings. The number of hydrogen-bond donors (Lipinski definition) is 3. The van der Waals surface area contributed by atoms with E-state index in [0.717, 1.165) is 28.3 Å². The van der Waals surface area contributed by atoms with Crippen molar-refractivity contribution in [3.05, 3.63) is 83.3 Å². The summed E-state index contributed by atoms with van der Waals surface area (Å²) in [6.45, 7) is 7.91. The number of ether oxygens (including phenoxy) is 1. The number of benzene rings is 2. The van der Waals surface area contributed by atoms with Gasteiger partial charge in [0.1, 0.15) is 18.0 Å². The summed E-state index contributed by atoms with van der Waals surface area (Å²) in [4.78, 5) is 21.6. The van der Waals surface area contributed by atoms with Gasteiger partial charge >= 0.3 is 0 Å². The van der Waals surface area contributed by atoms with E-state index in [1.807, 2.05) is 76.2 Å². The smallest absolute Gasteiger partial charge is 0.255 e. The van der Waals surface area contributed by atoms with E-state index in [9.17, 15) is 4.79 Å². The fourth-order valence-corrected chi connectivity index (χ4v) is 4.57. The van der Waals surface area contributed by atoms with Gasteiger partial charge in [-0.05, 0) is 63.1 Å². The molecule has 4 rings (SSSR count). The minimum atomic E-state index is -0.489. The zero-order valence-electron chi connectivity index (χ0n) is 21.5. The molecule has 0 bridgehead atoms. The molecular formula is C27H30IN7O2. The van der Waals surface area contributed by atoms with E-state index in [-0.39, 0.29) is 5.91 Å². The third-order valence-electron chi connectivity index (χ3n) is 5.95. The lowest BCUT2D eigenvalue weighted by Gasteiger charge is -2.25. The molecule has 2 aromatic carbocycles. The van der Waals surface area contributed by atoms with Crippen LogP contribution in [-0.2, 0) is 10.3 Å². The second kappa shape index (κ2) is 11.3. The van der Waals surface area contributed by atoms with Gasteiger partial charge in [0.2, 0.25) is 0 Å². The van der Waals surface area contributed by atoms with E-state index >= 15 is 0 Å². The van der Waals surface area contributed by atoms with Crippen molar-refractivity contribution >= 4 is 51.5 Å². The molecular weight excluding hydrogens is 581 g/mol. The van der Waals surface area contributed by atoms with Crippen molar-refractivity contribution in [1.29, 1.82) is 0 Å². The highest BCUT2D eigenvalue weighted by Gasteiger charge is 2.22. The first-order chi connectivity index (χ1) is 17.7. The Hall–Kier alpha value is -3.51. The van der Waals surface area contributed by atoms with Crippen LogP contribution in [0.4, 0.5) is 23.0 Å². The molecule has 0 aliphatic rings. The van der Waals surface area contributed by atoms with Crippen molar-refractivity contribution < 1.29 is 9.53 Å². The lowest BCUT2D eigenvalue weighted by molar-refractivity contribution is 0.0139. The van der Waals surface area contributed by atoms with Gasteiger partial charge in [0.25, 0.3) is 5.91 Å². The van der Waals surface area contributed by atoms with Crippen molar-refractivity contribution in [2.24, 2.45) is 0 Å². The van der Waals surface area contributed by atoms with Crippen LogP contribution in [0, 0.1) is 13.8 Å². The summed E-state index contributed by atoms with van der Waals surface area (Å²) in [5.74, 6) is 1.88. The highest BCUT2D eigenvalue weighted by Crippen LogP contribution is 2.28. The Bertz CT molecular complexity index is 1420. The Labute approximate surface area is 230 Å². The molecule has 0 fully saturated rings. The number of nitrogens with one attached hydrogen (secondary N) is 3. The summed E-state index contributed by atoms with van der Waals surface area (Å²) in [5.41, 5.74) is 4.39. The van der Waals surface area contributed by atoms with Crippen molar-refractivity contribution in [3.8, 4) is 5.82 Å². The largest absolute Gasteiger partial charge is 0.373 e. The molecule has 0 saturated carbocycles. The van der Waals surface area contributed by atoms with Crippen LogP contribution in [0.25, 0.3) is 5.82 Å². The van der Waals surface area contributed by atoms with E-state index in [4.69, 9.17) is 4.74 Å². The first kappa shape index (κ1) is 26.6. The van der Waals surface area contributed by atoms with Gasteiger partial charge in [0.05, 0.1) is 15.9 Å². The van der Waals surface area contributed by atoms with Crippen LogP contribution >= 0.6 is 22.6 Å². The van der Waals surface area contributed by atoms with Gasteiger partial charge in [-0.2, -0.15) is 9.78 Å². The van der Waals surface area contributed by atoms with Crippen LogP contribution in [0.2, 0.25) is 0 Å². The molecule has 0 saturated heterocycles. The summed E-state index contributed by atoms with van der Waals surface area (Å²) in [6, 6.07) is 17.0. The van der Waals surface area contributed by atoms with E-state index in [1.165, 1.54) is 6.33 Å². The normalized spacial score (nSPS) is 11.3. The third kappa shape index (κ3) is 6.25. The zero-order chi connectivity index (χ0) is 26.6. The monoisotopic (exact) mass is 611 g/mol. The lowest BCUT2D eigenvalue weighted by atomic mass is 9.96. The standard InChI is InChI=1S/C27H30IN7O2/c1-17-9-10-21(32-26(36)19-7-6-8-20(12-19)27(3,4)37-15-28)13-22(17)33-25-11-18(2)34-35(25)24-14-23(29-5)30-16-31-24/h6-14,16,33H,15H2,1-5H3,(H,32,36)(H,29,30,31). The highest BCUT2D eigenvalue weighted by atomic mass is 127. The molecule has 10 heteroatoms. The van der Waals surface area contributed by atoms with Gasteiger partial charge < -0.3 is 20.7 Å². The first-order valence-corrected chi connectivity index (χ1v) is 13.3. The first-order valence-electron chi connectivity index (χ1n) is 11.8. The molecule has 37 heavy (non-hydrogen) atoms. The quantitative estimate of drug-likeness (QED) is 0.158. The molecule has 0 atom stereocenters. The average Bonchev–Trinajstić information content (AvgIpc) is 3.26. The summed E-state index contributed by atoms with van der Waals surface area (Å²) in [5, 5.41) is 14.1. The number of carbonyl (C=O) groups excluding carboxylic acids is 1. The number of nitrogens with zero attached hydrogens (tertiary/aromatic N) is 4. The molecule has 3 N–H and O–H groups in total. The molecule has 0 aliphatic heterocycles. The van der Waals surface area contributed by atoms with Gasteiger partial charge in [-0.1, -0.05) is 40.8 Å². The molecule has 0 spiro atoms. The topological polar surface area (TPSA) is 106 Å². The maximum atomic E-state index is 13.1. The number of aromatic nitrogens is 4. The second-order valence-electron chi connectivity index (χ2n) is 9.05. The van der Waals surface area contributed by atoms with E-state index in [2.05, 4.69) is 53.6 Å². The molecule has 192 valence electrons. The zero-order valence-corrected chi connectivity index (χ0v) is 23.6. The maximum Gasteiger partial charge on any atom is 0.255 e. The Balaban J connectivity index is 1.57. The van der Waals surface area contributed by atoms with Crippen molar-refractivity contribution in [2.45, 2.75) is 33.3 Å². The molecule has 9 nitrogen and oxygen atoms in total. The van der Waals surface area contributed by atoms with Gasteiger partial charge in [-0.15, -0.1) is 0 Å². The summed E-state index contributed by atoms with van der Waals surface area (Å²) >= 11 is 2.18.